The van der Waals surface area contributed by atoms with E-state index in [0.29, 0.717) is 25.3 Å². The maximum absolute atomic E-state index is 14.2. The first-order valence-electron chi connectivity index (χ1n) is 21.2. The summed E-state index contributed by atoms with van der Waals surface area (Å²) in [6.45, 7) is 1.03. The van der Waals surface area contributed by atoms with Gasteiger partial charge in [-0.05, 0) is 76.9 Å². The van der Waals surface area contributed by atoms with Gasteiger partial charge in [0.05, 0.1) is 50.1 Å². The number of alkyl carbamates (subject to hydrolysis) is 2. The Morgan fingerprint density at radius 2 is 1.32 bits per heavy atom. The van der Waals surface area contributed by atoms with E-state index < -0.39 is 18.2 Å². The fraction of sp³-hybridized carbons (Fsp3) is 0.292. The molecule has 15 nitrogen and oxygen atoms in total. The lowest BCUT2D eigenvalue weighted by Crippen LogP contribution is -2.49. The van der Waals surface area contributed by atoms with Crippen molar-refractivity contribution in [2.45, 2.75) is 50.2 Å². The number of imidazole rings is 2. The quantitative estimate of drug-likeness (QED) is 0.104. The summed E-state index contributed by atoms with van der Waals surface area (Å²) in [6.07, 6.45) is 7.89. The van der Waals surface area contributed by atoms with Crippen LogP contribution < -0.4 is 10.6 Å². The van der Waals surface area contributed by atoms with Gasteiger partial charge >= 0.3 is 12.2 Å². The number of aryl methyl sites for hydroxylation is 1. The molecule has 0 spiro atoms. The number of ether oxygens (including phenoxy) is 2. The summed E-state index contributed by atoms with van der Waals surface area (Å²) in [5.74, 6) is 1.09. The normalized spacial score (nSPS) is 16.7. The minimum atomic E-state index is -0.814. The summed E-state index contributed by atoms with van der Waals surface area (Å²) in [5.41, 5.74) is 7.87. The Labute approximate surface area is 363 Å². The number of likely N-dealkylation sites (tertiary alicyclic amines) is 2. The van der Waals surface area contributed by atoms with Crippen LogP contribution in [0.5, 0.6) is 0 Å². The number of rotatable bonds is 11. The molecule has 3 atom stereocenters. The summed E-state index contributed by atoms with van der Waals surface area (Å²) in [7, 11) is 4.55. The van der Waals surface area contributed by atoms with E-state index in [2.05, 4.69) is 91.0 Å². The Morgan fingerprint density at radius 3 is 2.02 bits per heavy atom. The molecule has 0 unspecified atom stereocenters. The van der Waals surface area contributed by atoms with E-state index in [1.807, 2.05) is 53.2 Å². The third-order valence-electron chi connectivity index (χ3n) is 12.4. The lowest BCUT2D eigenvalue weighted by Gasteiger charge is -2.28. The van der Waals surface area contributed by atoms with Crippen LogP contribution in [0.4, 0.5) is 9.59 Å². The number of nitrogens with one attached hydrogen (secondary N) is 4. The van der Waals surface area contributed by atoms with Crippen LogP contribution in [0.3, 0.4) is 0 Å². The number of fused-ring (bicyclic) bond motifs is 2. The minimum Gasteiger partial charge on any atom is -0.453 e. The number of nitrogens with zero attached hydrogens (tertiary/aromatic N) is 5. The monoisotopic (exact) mass is 847 g/mol. The zero-order chi connectivity index (χ0) is 43.6. The Balaban J connectivity index is 0.868. The van der Waals surface area contributed by atoms with Gasteiger partial charge in [-0.15, -0.1) is 0 Å². The van der Waals surface area contributed by atoms with Gasteiger partial charge in [-0.3, -0.25) is 9.59 Å². The highest BCUT2D eigenvalue weighted by atomic mass is 16.5. The smallest absolute Gasteiger partial charge is 0.407 e. The Hall–Kier alpha value is -7.42. The average molecular weight is 848 g/mol. The first-order valence-corrected chi connectivity index (χ1v) is 21.2. The van der Waals surface area contributed by atoms with Crippen LogP contribution in [-0.4, -0.2) is 98.2 Å². The summed E-state index contributed by atoms with van der Waals surface area (Å²) in [6, 6.07) is 27.8. The maximum Gasteiger partial charge on any atom is 0.407 e. The van der Waals surface area contributed by atoms with Crippen molar-refractivity contribution in [1.82, 2.24) is 44.9 Å². The number of H-pyrrole nitrogens is 2. The van der Waals surface area contributed by atoms with E-state index in [4.69, 9.17) is 9.72 Å². The number of para-hydroxylation sites is 1. The summed E-state index contributed by atoms with van der Waals surface area (Å²) < 4.78 is 11.6. The van der Waals surface area contributed by atoms with Crippen LogP contribution in [0.2, 0.25) is 0 Å². The molecule has 4 N–H and O–H groups in total. The van der Waals surface area contributed by atoms with Crippen molar-refractivity contribution >= 4 is 45.7 Å². The average Bonchev–Trinajstić information content (AvgIpc) is 4.18. The zero-order valence-corrected chi connectivity index (χ0v) is 35.4. The minimum absolute atomic E-state index is 0.127. The van der Waals surface area contributed by atoms with Crippen molar-refractivity contribution in [2.75, 3.05) is 33.9 Å². The van der Waals surface area contributed by atoms with E-state index >= 15 is 0 Å². The van der Waals surface area contributed by atoms with Gasteiger partial charge in [-0.2, -0.15) is 0 Å². The second kappa shape index (κ2) is 17.5. The van der Waals surface area contributed by atoms with Gasteiger partial charge in [0.25, 0.3) is 0 Å². The predicted octanol–water partition coefficient (Wildman–Crippen LogP) is 7.43. The number of hydrogen-bond acceptors (Lipinski definition) is 8. The van der Waals surface area contributed by atoms with Crippen molar-refractivity contribution in [3.63, 3.8) is 0 Å². The molecule has 15 heteroatoms. The fourth-order valence-corrected chi connectivity index (χ4v) is 9.14. The molecule has 0 radical (unpaired) electrons. The van der Waals surface area contributed by atoms with Gasteiger partial charge in [0.15, 0.2) is 0 Å². The number of carbonyl (C=O) groups excluding carboxylic acids is 4. The summed E-state index contributed by atoms with van der Waals surface area (Å²) in [4.78, 5) is 71.0. The molecule has 63 heavy (non-hydrogen) atoms. The third-order valence-corrected chi connectivity index (χ3v) is 12.4. The largest absolute Gasteiger partial charge is 0.453 e. The number of amides is 4. The highest BCUT2D eigenvalue weighted by Gasteiger charge is 2.37. The highest BCUT2D eigenvalue weighted by molar-refractivity contribution is 5.91. The van der Waals surface area contributed by atoms with Crippen molar-refractivity contribution in [3.8, 4) is 33.6 Å². The van der Waals surface area contributed by atoms with Gasteiger partial charge in [0, 0.05) is 49.2 Å². The van der Waals surface area contributed by atoms with Crippen molar-refractivity contribution < 1.29 is 28.7 Å². The van der Waals surface area contributed by atoms with Crippen LogP contribution in [0, 0.1) is 0 Å². The topological polar surface area (TPSA) is 180 Å². The predicted molar refractivity (Wildman–Crippen MR) is 238 cm³/mol. The molecular weight excluding hydrogens is 799 g/mol. The third kappa shape index (κ3) is 8.33. The molecule has 2 saturated heterocycles. The molecule has 9 rings (SSSR count). The number of benzene rings is 4. The van der Waals surface area contributed by atoms with Crippen molar-refractivity contribution in [1.29, 1.82) is 0 Å². The zero-order valence-electron chi connectivity index (χ0n) is 35.4. The van der Waals surface area contributed by atoms with Gasteiger partial charge in [-0.1, -0.05) is 66.7 Å². The van der Waals surface area contributed by atoms with E-state index in [0.717, 1.165) is 92.4 Å². The molecule has 0 saturated carbocycles. The molecule has 2 aliphatic heterocycles. The van der Waals surface area contributed by atoms with E-state index in [1.165, 1.54) is 14.2 Å². The van der Waals surface area contributed by atoms with Gasteiger partial charge in [0.1, 0.15) is 24.2 Å². The molecule has 2 fully saturated rings. The molecule has 5 heterocycles. The van der Waals surface area contributed by atoms with Crippen LogP contribution in [-0.2, 0) is 32.5 Å². The summed E-state index contributed by atoms with van der Waals surface area (Å²) in [5, 5.41) is 8.51. The SMILES string of the molecule is COC(=O)NCC(=O)N1CCC[C@H]1c1ncc(-c2ccc3cc(-c4ccc(-c5cnc([C@@H]6CCCN6C(=O)[C@@H](Cc6cn(C)c7ccccc67)NC(=O)OC)[nH]5)cc4)ccc3c2)[nH]1. The molecule has 3 aromatic heterocycles. The van der Waals surface area contributed by atoms with E-state index in [9.17, 15) is 19.2 Å². The number of hydrogen-bond donors (Lipinski definition) is 4. The lowest BCUT2D eigenvalue weighted by molar-refractivity contribution is -0.134. The standard InChI is InChI=1S/C48H49N9O6/c1-55-28-35(36-8-4-5-9-40(36)55)24-37(54-48(61)63-3)46(59)57-21-7-11-42(57)45-49-25-38(52-45)30-14-12-29(13-15-30)31-16-17-33-23-34(19-18-32(33)22-31)39-26-50-44(53-39)41-10-6-20-56(41)43(58)27-51-47(60)62-2/h4-5,8-9,12-19,22-23,25-26,28,37,41-42H,6-7,10-11,20-21,24,27H2,1-3H3,(H,49,52)(H,50,53)(H,51,60)(H,54,61)/t37-,41+,42+/m1/s1. The molecule has 0 bridgehead atoms. The maximum atomic E-state index is 14.2. The molecule has 322 valence electrons. The van der Waals surface area contributed by atoms with Crippen molar-refractivity contribution in [3.05, 3.63) is 121 Å². The fourth-order valence-electron chi connectivity index (χ4n) is 9.14. The Morgan fingerprint density at radius 1 is 0.730 bits per heavy atom. The Bertz CT molecular complexity index is 2830. The molecule has 7 aromatic rings. The van der Waals surface area contributed by atoms with Crippen LogP contribution in [0.1, 0.15) is 55.0 Å². The second-order valence-electron chi connectivity index (χ2n) is 16.2. The van der Waals surface area contributed by atoms with Crippen LogP contribution >= 0.6 is 0 Å². The van der Waals surface area contributed by atoms with E-state index in [-0.39, 0.29) is 30.4 Å². The van der Waals surface area contributed by atoms with Crippen LogP contribution in [0.25, 0.3) is 55.3 Å². The number of aromatic amines is 2. The van der Waals surface area contributed by atoms with Gasteiger partial charge in [-0.25, -0.2) is 19.6 Å². The van der Waals surface area contributed by atoms with Crippen molar-refractivity contribution in [2.24, 2.45) is 7.05 Å². The van der Waals surface area contributed by atoms with Crippen LogP contribution in [0.15, 0.2) is 104 Å². The highest BCUT2D eigenvalue weighted by Crippen LogP contribution is 2.35. The number of methoxy groups -OCH3 is 2. The molecule has 0 aliphatic carbocycles. The lowest BCUT2D eigenvalue weighted by atomic mass is 9.98. The number of carbonyl (C=O) groups is 4. The van der Waals surface area contributed by atoms with Gasteiger partial charge < -0.3 is 44.4 Å². The van der Waals surface area contributed by atoms with E-state index in [1.54, 1.807) is 11.1 Å². The first kappa shape index (κ1) is 41.0. The molecule has 4 aromatic carbocycles. The molecule has 4 amide bonds. The Kier molecular flexibility index (Phi) is 11.4. The first-order chi connectivity index (χ1) is 30.7. The summed E-state index contributed by atoms with van der Waals surface area (Å²) >= 11 is 0. The van der Waals surface area contributed by atoms with Gasteiger partial charge in [0.2, 0.25) is 11.8 Å². The number of aromatic nitrogens is 5. The molecule has 2 aliphatic rings. The second-order valence-corrected chi connectivity index (χ2v) is 16.2. The molecular formula is C48H49N9O6.